The number of carbonyl (C=O) groups is 2. The quantitative estimate of drug-likeness (QED) is 0.145. The maximum atomic E-state index is 14.5. The molecule has 5 nitrogen and oxygen atoms in total. The van der Waals surface area contributed by atoms with Crippen LogP contribution >= 0.6 is 22.7 Å². The molecule has 2 aliphatic heterocycles. The number of anilines is 1. The SMILES string of the molecule is CCCCC(CC)Nc1ccc(-c2ccc(C3=C4C(=O)N(CC(C)C)C(c5ccc(-c6ccccc6)s5)=C4C(=O)N3CC(C)C)s2)cc1. The van der Waals surface area contributed by atoms with Gasteiger partial charge in [-0.3, -0.25) is 9.59 Å². The Balaban J connectivity index is 1.40. The lowest BCUT2D eigenvalue weighted by atomic mass is 10.1. The van der Waals surface area contributed by atoms with E-state index in [4.69, 9.17) is 0 Å². The zero-order valence-electron chi connectivity index (χ0n) is 29.0. The van der Waals surface area contributed by atoms with E-state index in [-0.39, 0.29) is 23.7 Å². The van der Waals surface area contributed by atoms with E-state index in [0.717, 1.165) is 54.1 Å². The second-order valence-corrected chi connectivity index (χ2v) is 15.9. The molecule has 4 aromatic rings. The van der Waals surface area contributed by atoms with E-state index in [1.165, 1.54) is 19.3 Å². The summed E-state index contributed by atoms with van der Waals surface area (Å²) >= 11 is 3.30. The smallest absolute Gasteiger partial charge is 0.261 e. The molecule has 250 valence electrons. The van der Waals surface area contributed by atoms with E-state index in [0.29, 0.717) is 30.3 Å². The van der Waals surface area contributed by atoms with Crippen LogP contribution in [-0.4, -0.2) is 40.7 Å². The highest BCUT2D eigenvalue weighted by Gasteiger charge is 2.49. The molecule has 7 heteroatoms. The van der Waals surface area contributed by atoms with Crippen LogP contribution in [0, 0.1) is 11.8 Å². The van der Waals surface area contributed by atoms with Crippen molar-refractivity contribution in [3.8, 4) is 20.9 Å². The molecule has 0 bridgehead atoms. The zero-order valence-corrected chi connectivity index (χ0v) is 30.6. The summed E-state index contributed by atoms with van der Waals surface area (Å²) in [7, 11) is 0. The van der Waals surface area contributed by atoms with Crippen molar-refractivity contribution in [2.75, 3.05) is 18.4 Å². The van der Waals surface area contributed by atoms with Gasteiger partial charge in [0.2, 0.25) is 0 Å². The fraction of sp³-hybridized carbons (Fsp3) is 0.366. The fourth-order valence-corrected chi connectivity index (χ4v) is 8.77. The third-order valence-electron chi connectivity index (χ3n) is 8.95. The highest BCUT2D eigenvalue weighted by molar-refractivity contribution is 7.17. The molecular formula is C41H47N3O2S2. The predicted molar refractivity (Wildman–Crippen MR) is 204 cm³/mol. The lowest BCUT2D eigenvalue weighted by Gasteiger charge is -2.26. The van der Waals surface area contributed by atoms with E-state index >= 15 is 0 Å². The predicted octanol–water partition coefficient (Wildman–Crippen LogP) is 10.6. The summed E-state index contributed by atoms with van der Waals surface area (Å²) in [5, 5.41) is 3.70. The van der Waals surface area contributed by atoms with Crippen molar-refractivity contribution in [2.24, 2.45) is 11.8 Å². The molecule has 0 fully saturated rings. The molecule has 2 aromatic carbocycles. The van der Waals surface area contributed by atoms with Crippen LogP contribution in [0.15, 0.2) is 90.0 Å². The fourth-order valence-electron chi connectivity index (χ4n) is 6.63. The molecule has 1 N–H and O–H groups in total. The lowest BCUT2D eigenvalue weighted by molar-refractivity contribution is -0.124. The maximum Gasteiger partial charge on any atom is 0.261 e. The Bertz CT molecular complexity index is 1830. The Kier molecular flexibility index (Phi) is 10.4. The minimum atomic E-state index is -0.0723. The Morgan fingerprint density at radius 1 is 0.625 bits per heavy atom. The second kappa shape index (κ2) is 14.7. The van der Waals surface area contributed by atoms with Gasteiger partial charge in [0.25, 0.3) is 11.8 Å². The van der Waals surface area contributed by atoms with Crippen molar-refractivity contribution >= 4 is 51.6 Å². The third-order valence-corrected chi connectivity index (χ3v) is 11.2. The molecule has 6 rings (SSSR count). The Morgan fingerprint density at radius 2 is 1.10 bits per heavy atom. The average Bonchev–Trinajstić information content (AvgIpc) is 3.86. The van der Waals surface area contributed by atoms with Crippen LogP contribution in [0.3, 0.4) is 0 Å². The molecule has 1 atom stereocenters. The van der Waals surface area contributed by atoms with Crippen LogP contribution in [0.25, 0.3) is 32.3 Å². The first-order valence-corrected chi connectivity index (χ1v) is 19.1. The third kappa shape index (κ3) is 6.81. The zero-order chi connectivity index (χ0) is 33.9. The number of nitrogens with one attached hydrogen (secondary N) is 1. The van der Waals surface area contributed by atoms with Crippen molar-refractivity contribution < 1.29 is 9.59 Å². The Hall–Kier alpha value is -3.94. The summed E-state index contributed by atoms with van der Waals surface area (Å²) in [5.74, 6) is 0.339. The van der Waals surface area contributed by atoms with E-state index in [1.54, 1.807) is 22.7 Å². The van der Waals surface area contributed by atoms with E-state index < -0.39 is 0 Å². The molecule has 2 aliphatic rings. The highest BCUT2D eigenvalue weighted by atomic mass is 32.1. The molecule has 0 spiro atoms. The molecule has 48 heavy (non-hydrogen) atoms. The van der Waals surface area contributed by atoms with Crippen LogP contribution < -0.4 is 5.32 Å². The first kappa shape index (κ1) is 33.9. The highest BCUT2D eigenvalue weighted by Crippen LogP contribution is 2.50. The minimum Gasteiger partial charge on any atom is -0.382 e. The van der Waals surface area contributed by atoms with Gasteiger partial charge < -0.3 is 15.1 Å². The number of carbonyl (C=O) groups excluding carboxylic acids is 2. The van der Waals surface area contributed by atoms with Gasteiger partial charge in [-0.15, -0.1) is 22.7 Å². The van der Waals surface area contributed by atoms with Gasteiger partial charge in [0.15, 0.2) is 0 Å². The number of nitrogens with zero attached hydrogens (tertiary/aromatic N) is 2. The van der Waals surface area contributed by atoms with Crippen molar-refractivity contribution in [1.29, 1.82) is 0 Å². The molecule has 4 heterocycles. The van der Waals surface area contributed by atoms with Gasteiger partial charge in [0.05, 0.1) is 32.3 Å². The van der Waals surface area contributed by atoms with Gasteiger partial charge in [-0.2, -0.15) is 0 Å². The number of fused-ring (bicyclic) bond motifs is 1. The van der Waals surface area contributed by atoms with Gasteiger partial charge in [-0.1, -0.05) is 96.8 Å². The van der Waals surface area contributed by atoms with Crippen molar-refractivity contribution in [3.63, 3.8) is 0 Å². The van der Waals surface area contributed by atoms with Gasteiger partial charge >= 0.3 is 0 Å². The Labute approximate surface area is 294 Å². The number of benzene rings is 2. The van der Waals surface area contributed by atoms with Gasteiger partial charge in [-0.05, 0) is 72.2 Å². The average molecular weight is 678 g/mol. The van der Waals surface area contributed by atoms with Gasteiger partial charge in [0.1, 0.15) is 0 Å². The van der Waals surface area contributed by atoms with Crippen LogP contribution in [0.4, 0.5) is 5.69 Å². The van der Waals surface area contributed by atoms with Gasteiger partial charge in [0, 0.05) is 34.6 Å². The van der Waals surface area contributed by atoms with E-state index in [2.05, 4.69) is 108 Å². The summed E-state index contributed by atoms with van der Waals surface area (Å²) in [6.45, 7) is 14.1. The molecule has 2 aromatic heterocycles. The number of rotatable bonds is 14. The number of hydrogen-bond acceptors (Lipinski definition) is 5. The van der Waals surface area contributed by atoms with E-state index in [9.17, 15) is 9.59 Å². The molecule has 1 unspecified atom stereocenters. The molecule has 2 amide bonds. The van der Waals surface area contributed by atoms with Crippen LogP contribution in [0.2, 0.25) is 0 Å². The first-order valence-electron chi connectivity index (χ1n) is 17.5. The largest absolute Gasteiger partial charge is 0.382 e. The monoisotopic (exact) mass is 677 g/mol. The van der Waals surface area contributed by atoms with Crippen molar-refractivity contribution in [3.05, 3.63) is 99.8 Å². The normalized spacial score (nSPS) is 15.5. The summed E-state index contributed by atoms with van der Waals surface area (Å²) in [4.78, 5) is 36.8. The van der Waals surface area contributed by atoms with Crippen molar-refractivity contribution in [1.82, 2.24) is 9.80 Å². The summed E-state index contributed by atoms with van der Waals surface area (Å²) in [5.41, 5.74) is 6.02. The van der Waals surface area contributed by atoms with Crippen LogP contribution in [0.5, 0.6) is 0 Å². The molecule has 0 saturated heterocycles. The van der Waals surface area contributed by atoms with Gasteiger partial charge in [-0.25, -0.2) is 0 Å². The molecule has 0 saturated carbocycles. The summed E-state index contributed by atoms with van der Waals surface area (Å²) in [6, 6.07) is 27.8. The number of unbranched alkanes of at least 4 members (excludes halogenated alkanes) is 1. The topological polar surface area (TPSA) is 52.7 Å². The summed E-state index contributed by atoms with van der Waals surface area (Å²) in [6.07, 6.45) is 4.72. The standard InChI is InChI=1S/C41H47N3O2S2/c1-7-9-15-30(8-2)42-31-18-16-29(17-19-31)33-21-23-35(48-33)39-37-36(40(45)44(39)25-27(5)6)38(43(41(37)46)24-26(3)4)34-22-20-32(47-34)28-13-11-10-12-14-28/h10-14,16-23,26-27,30,42H,7-9,15,24-25H2,1-6H3. The number of amides is 2. The van der Waals surface area contributed by atoms with Crippen molar-refractivity contribution in [2.45, 2.75) is 73.3 Å². The van der Waals surface area contributed by atoms with Crippen LogP contribution in [-0.2, 0) is 9.59 Å². The molecule has 0 aliphatic carbocycles. The maximum absolute atomic E-state index is 14.5. The number of thiophene rings is 2. The van der Waals surface area contributed by atoms with E-state index in [1.807, 2.05) is 28.0 Å². The number of hydrogen-bond donors (Lipinski definition) is 1. The molecular weight excluding hydrogens is 631 g/mol. The Morgan fingerprint density at radius 3 is 1.56 bits per heavy atom. The molecule has 0 radical (unpaired) electrons. The first-order chi connectivity index (χ1) is 23.2. The minimum absolute atomic E-state index is 0.0723. The second-order valence-electron chi connectivity index (χ2n) is 13.7. The van der Waals surface area contributed by atoms with Crippen LogP contribution in [0.1, 0.15) is 77.0 Å². The summed E-state index contributed by atoms with van der Waals surface area (Å²) < 4.78 is 0. The lowest BCUT2D eigenvalue weighted by Crippen LogP contribution is -2.33.